The SMILES string of the molecule is COc1ccc(/C(=N\O)C(c2ccc(OC)cc2)C2C(=O)Oc3ccccc32)cc1. The average Bonchev–Trinajstić information content (AvgIpc) is 3.13. The van der Waals surface area contributed by atoms with Crippen molar-refractivity contribution >= 4 is 11.7 Å². The summed E-state index contributed by atoms with van der Waals surface area (Å²) < 4.78 is 16.0. The Morgan fingerprint density at radius 3 is 2.13 bits per heavy atom. The molecule has 3 aromatic rings. The molecule has 0 spiro atoms. The lowest BCUT2D eigenvalue weighted by atomic mass is 9.77. The number of fused-ring (bicyclic) bond motifs is 1. The van der Waals surface area contributed by atoms with E-state index in [1.807, 2.05) is 42.5 Å². The zero-order valence-electron chi connectivity index (χ0n) is 16.6. The van der Waals surface area contributed by atoms with E-state index in [4.69, 9.17) is 14.2 Å². The maximum absolute atomic E-state index is 12.9. The molecule has 1 N–H and O–H groups in total. The van der Waals surface area contributed by atoms with E-state index in [-0.39, 0.29) is 5.97 Å². The minimum atomic E-state index is -0.650. The highest BCUT2D eigenvalue weighted by Crippen LogP contribution is 2.45. The lowest BCUT2D eigenvalue weighted by Gasteiger charge is -2.23. The Morgan fingerprint density at radius 1 is 0.933 bits per heavy atom. The summed E-state index contributed by atoms with van der Waals surface area (Å²) in [6, 6.07) is 21.9. The van der Waals surface area contributed by atoms with Gasteiger partial charge in [0.25, 0.3) is 0 Å². The van der Waals surface area contributed by atoms with Gasteiger partial charge in [-0.05, 0) is 48.0 Å². The van der Waals surface area contributed by atoms with E-state index in [1.165, 1.54) is 0 Å². The van der Waals surface area contributed by atoms with E-state index < -0.39 is 11.8 Å². The molecule has 0 amide bonds. The van der Waals surface area contributed by atoms with Crippen LogP contribution in [0.2, 0.25) is 0 Å². The minimum Gasteiger partial charge on any atom is -0.497 e. The predicted molar refractivity (Wildman–Crippen MR) is 112 cm³/mol. The van der Waals surface area contributed by atoms with Gasteiger partial charge >= 0.3 is 5.97 Å². The molecule has 2 unspecified atom stereocenters. The second-order valence-electron chi connectivity index (χ2n) is 6.90. The highest BCUT2D eigenvalue weighted by Gasteiger charge is 2.42. The summed E-state index contributed by atoms with van der Waals surface area (Å²) in [6.07, 6.45) is 0. The van der Waals surface area contributed by atoms with Crippen molar-refractivity contribution in [2.75, 3.05) is 14.2 Å². The number of hydrogen-bond donors (Lipinski definition) is 1. The summed E-state index contributed by atoms with van der Waals surface area (Å²) in [4.78, 5) is 12.9. The number of esters is 1. The van der Waals surface area contributed by atoms with Crippen LogP contribution >= 0.6 is 0 Å². The van der Waals surface area contributed by atoms with Crippen LogP contribution in [0.4, 0.5) is 0 Å². The van der Waals surface area contributed by atoms with Gasteiger partial charge in [0.2, 0.25) is 0 Å². The third-order valence-corrected chi connectivity index (χ3v) is 5.31. The van der Waals surface area contributed by atoms with Crippen LogP contribution in [0.1, 0.15) is 28.5 Å². The largest absolute Gasteiger partial charge is 0.497 e. The number of benzene rings is 3. The van der Waals surface area contributed by atoms with Crippen molar-refractivity contribution in [3.05, 3.63) is 89.5 Å². The molecule has 30 heavy (non-hydrogen) atoms. The minimum absolute atomic E-state index is 0.362. The van der Waals surface area contributed by atoms with Gasteiger partial charge in [-0.25, -0.2) is 0 Å². The third kappa shape index (κ3) is 3.48. The number of ether oxygens (including phenoxy) is 3. The first kappa shape index (κ1) is 19.5. The van der Waals surface area contributed by atoms with E-state index in [2.05, 4.69) is 5.16 Å². The molecule has 0 saturated carbocycles. The molecule has 1 aliphatic rings. The molecule has 0 radical (unpaired) electrons. The Balaban J connectivity index is 1.85. The normalized spacial score (nSPS) is 16.5. The van der Waals surface area contributed by atoms with Crippen LogP contribution in [0.25, 0.3) is 0 Å². The smallest absolute Gasteiger partial charge is 0.320 e. The number of carbonyl (C=O) groups is 1. The van der Waals surface area contributed by atoms with Crippen molar-refractivity contribution in [1.82, 2.24) is 0 Å². The number of oxime groups is 1. The molecular weight excluding hydrogens is 382 g/mol. The summed E-state index contributed by atoms with van der Waals surface area (Å²) >= 11 is 0. The van der Waals surface area contributed by atoms with E-state index in [0.717, 1.165) is 11.1 Å². The molecule has 3 aromatic carbocycles. The summed E-state index contributed by atoms with van der Waals surface area (Å²) in [7, 11) is 3.18. The van der Waals surface area contributed by atoms with Gasteiger partial charge in [-0.3, -0.25) is 4.79 Å². The topological polar surface area (TPSA) is 77.4 Å². The molecule has 1 aliphatic heterocycles. The highest BCUT2D eigenvalue weighted by molar-refractivity contribution is 6.08. The van der Waals surface area contributed by atoms with Crippen molar-refractivity contribution in [3.8, 4) is 17.2 Å². The molecule has 0 bridgehead atoms. The van der Waals surface area contributed by atoms with Gasteiger partial charge in [-0.2, -0.15) is 0 Å². The zero-order chi connectivity index (χ0) is 21.1. The average molecular weight is 403 g/mol. The maximum Gasteiger partial charge on any atom is 0.320 e. The summed E-state index contributed by atoms with van der Waals surface area (Å²) in [5.74, 6) is 0.305. The number of hydrogen-bond acceptors (Lipinski definition) is 6. The fourth-order valence-corrected chi connectivity index (χ4v) is 3.83. The molecule has 0 fully saturated rings. The van der Waals surface area contributed by atoms with Crippen molar-refractivity contribution in [2.45, 2.75) is 11.8 Å². The Labute approximate surface area is 174 Å². The third-order valence-electron chi connectivity index (χ3n) is 5.31. The lowest BCUT2D eigenvalue weighted by molar-refractivity contribution is -0.134. The summed E-state index contributed by atoms with van der Waals surface area (Å²) in [6.45, 7) is 0. The van der Waals surface area contributed by atoms with Crippen LogP contribution < -0.4 is 14.2 Å². The van der Waals surface area contributed by atoms with Crippen LogP contribution in [-0.2, 0) is 4.79 Å². The number of rotatable bonds is 6. The fourth-order valence-electron chi connectivity index (χ4n) is 3.83. The molecule has 0 saturated heterocycles. The van der Waals surface area contributed by atoms with Gasteiger partial charge in [0, 0.05) is 17.0 Å². The summed E-state index contributed by atoms with van der Waals surface area (Å²) in [5.41, 5.74) is 2.61. The zero-order valence-corrected chi connectivity index (χ0v) is 16.6. The summed E-state index contributed by atoms with van der Waals surface area (Å²) in [5, 5.41) is 13.6. The van der Waals surface area contributed by atoms with Crippen LogP contribution in [0.5, 0.6) is 17.2 Å². The van der Waals surface area contributed by atoms with Gasteiger partial charge in [-0.1, -0.05) is 35.5 Å². The lowest BCUT2D eigenvalue weighted by Crippen LogP contribution is -2.26. The van der Waals surface area contributed by atoms with Crippen molar-refractivity contribution in [2.24, 2.45) is 5.16 Å². The molecule has 6 nitrogen and oxygen atoms in total. The van der Waals surface area contributed by atoms with Crippen LogP contribution in [0.3, 0.4) is 0 Å². The Morgan fingerprint density at radius 2 is 1.53 bits per heavy atom. The molecule has 6 heteroatoms. The van der Waals surface area contributed by atoms with Gasteiger partial charge in [0.05, 0.1) is 25.8 Å². The van der Waals surface area contributed by atoms with Crippen molar-refractivity contribution < 1.29 is 24.2 Å². The number of carbonyl (C=O) groups excluding carboxylic acids is 1. The number of para-hydroxylation sites is 1. The fraction of sp³-hybridized carbons (Fsp3) is 0.167. The van der Waals surface area contributed by atoms with E-state index in [1.54, 1.807) is 44.6 Å². The molecule has 0 aromatic heterocycles. The highest BCUT2D eigenvalue weighted by atomic mass is 16.5. The molecular formula is C24H21NO5. The number of nitrogens with zero attached hydrogens (tertiary/aromatic N) is 1. The Bertz CT molecular complexity index is 1070. The van der Waals surface area contributed by atoms with Crippen molar-refractivity contribution in [1.29, 1.82) is 0 Å². The molecule has 152 valence electrons. The van der Waals surface area contributed by atoms with Crippen LogP contribution in [-0.4, -0.2) is 31.1 Å². The molecule has 1 heterocycles. The number of methoxy groups -OCH3 is 2. The van der Waals surface area contributed by atoms with Crippen LogP contribution in [0, 0.1) is 0 Å². The Hall–Kier alpha value is -3.80. The van der Waals surface area contributed by atoms with Gasteiger partial charge in [0.1, 0.15) is 17.2 Å². The molecule has 4 rings (SSSR count). The standard InChI is InChI=1S/C24H21NO5/c1-28-17-11-7-15(8-12-17)21(22-19-5-3-4-6-20(19)30-24(22)26)23(25-27)16-9-13-18(29-2)14-10-16/h3-14,21-22,27H,1-2H3/b25-23+. The maximum atomic E-state index is 12.9. The van der Waals surface area contributed by atoms with E-state index in [9.17, 15) is 10.0 Å². The van der Waals surface area contributed by atoms with Gasteiger partial charge in [0.15, 0.2) is 0 Å². The van der Waals surface area contributed by atoms with Gasteiger partial charge < -0.3 is 19.4 Å². The molecule has 2 atom stereocenters. The van der Waals surface area contributed by atoms with Crippen LogP contribution in [0.15, 0.2) is 78.0 Å². The molecule has 0 aliphatic carbocycles. The second-order valence-corrected chi connectivity index (χ2v) is 6.90. The quantitative estimate of drug-likeness (QED) is 0.217. The first-order valence-corrected chi connectivity index (χ1v) is 9.47. The predicted octanol–water partition coefficient (Wildman–Crippen LogP) is 4.37. The van der Waals surface area contributed by atoms with Gasteiger partial charge in [-0.15, -0.1) is 0 Å². The van der Waals surface area contributed by atoms with E-state index >= 15 is 0 Å². The van der Waals surface area contributed by atoms with E-state index in [0.29, 0.717) is 28.5 Å². The second kappa shape index (κ2) is 8.29. The monoisotopic (exact) mass is 403 g/mol. The first-order valence-electron chi connectivity index (χ1n) is 9.47. The first-order chi connectivity index (χ1) is 14.7. The van der Waals surface area contributed by atoms with Crippen molar-refractivity contribution in [3.63, 3.8) is 0 Å². The Kier molecular flexibility index (Phi) is 5.39.